The molecule has 0 aliphatic heterocycles. The summed E-state index contributed by atoms with van der Waals surface area (Å²) in [7, 11) is 0. The van der Waals surface area contributed by atoms with Crippen molar-refractivity contribution in [2.24, 2.45) is 0 Å². The van der Waals surface area contributed by atoms with Crippen molar-refractivity contribution in [1.29, 1.82) is 0 Å². The topological polar surface area (TPSA) is 38.9 Å². The van der Waals surface area contributed by atoms with Gasteiger partial charge >= 0.3 is 0 Å². The molecule has 0 spiro atoms. The van der Waals surface area contributed by atoms with Crippen LogP contribution in [0.15, 0.2) is 174 Å². The first-order valence-corrected chi connectivity index (χ1v) is 15.8. The molecule has 220 valence electrons. The maximum atomic E-state index is 6.34. The van der Waals surface area contributed by atoms with E-state index in [9.17, 15) is 0 Å². The summed E-state index contributed by atoms with van der Waals surface area (Å²) in [4.78, 5) is 10.0. The molecule has 0 N–H and O–H groups in total. The molecule has 0 saturated heterocycles. The molecule has 3 heteroatoms. The van der Waals surface area contributed by atoms with E-state index in [2.05, 4.69) is 146 Å². The molecule has 2 aromatic heterocycles. The number of benzene rings is 7. The molecule has 0 aliphatic rings. The summed E-state index contributed by atoms with van der Waals surface area (Å²) >= 11 is 0. The fraction of sp³-hybridized carbons (Fsp3) is 0. The Morgan fingerprint density at radius 1 is 0.340 bits per heavy atom. The third kappa shape index (κ3) is 4.95. The van der Waals surface area contributed by atoms with Crippen molar-refractivity contribution in [2.45, 2.75) is 0 Å². The van der Waals surface area contributed by atoms with Crippen LogP contribution in [0.3, 0.4) is 0 Å². The van der Waals surface area contributed by atoms with Crippen LogP contribution in [0, 0.1) is 0 Å². The number of furan rings is 1. The molecule has 2 heterocycles. The van der Waals surface area contributed by atoms with E-state index in [4.69, 9.17) is 14.4 Å². The lowest BCUT2D eigenvalue weighted by molar-refractivity contribution is 0.669. The van der Waals surface area contributed by atoms with Gasteiger partial charge in [-0.3, -0.25) is 0 Å². The lowest BCUT2D eigenvalue weighted by atomic mass is 9.99. The van der Waals surface area contributed by atoms with Gasteiger partial charge in [-0.05, 0) is 57.3 Å². The highest BCUT2D eigenvalue weighted by Crippen LogP contribution is 2.37. The van der Waals surface area contributed by atoms with Crippen LogP contribution in [0.1, 0.15) is 0 Å². The van der Waals surface area contributed by atoms with Crippen LogP contribution in [0.25, 0.3) is 88.9 Å². The number of nitrogens with zero attached hydrogens (tertiary/aromatic N) is 2. The van der Waals surface area contributed by atoms with Crippen molar-refractivity contribution in [3.8, 4) is 56.2 Å². The average molecular weight is 601 g/mol. The van der Waals surface area contributed by atoms with Gasteiger partial charge in [-0.1, -0.05) is 146 Å². The molecule has 9 rings (SSSR count). The van der Waals surface area contributed by atoms with Crippen LogP contribution in [-0.4, -0.2) is 9.97 Å². The molecule has 9 aromatic rings. The quantitative estimate of drug-likeness (QED) is 0.197. The highest BCUT2D eigenvalue weighted by atomic mass is 16.3. The zero-order chi connectivity index (χ0) is 31.2. The molecule has 3 nitrogen and oxygen atoms in total. The first kappa shape index (κ1) is 27.0. The molecular formula is C44H28N2O. The standard InChI is InChI=1S/C44H28N2O/c1-3-9-29(10-4-1)30-15-19-33(20-16-30)39-28-40(46-44(45-39)35-12-5-2-6-13-35)34-21-17-31(18-22-34)36-23-25-38-42(27-36)47-41-26-24-32-11-7-8-14-37(32)43(38)41/h1-28H. The summed E-state index contributed by atoms with van der Waals surface area (Å²) < 4.78 is 6.34. The Morgan fingerprint density at radius 3 is 1.55 bits per heavy atom. The molecule has 0 atom stereocenters. The molecule has 0 amide bonds. The van der Waals surface area contributed by atoms with E-state index in [1.165, 1.54) is 27.3 Å². The second kappa shape index (κ2) is 11.2. The van der Waals surface area contributed by atoms with Crippen molar-refractivity contribution in [1.82, 2.24) is 9.97 Å². The lowest BCUT2D eigenvalue weighted by Gasteiger charge is -2.11. The predicted octanol–water partition coefficient (Wildman–Crippen LogP) is 11.9. The van der Waals surface area contributed by atoms with E-state index in [-0.39, 0.29) is 0 Å². The minimum atomic E-state index is 0.706. The molecule has 0 saturated carbocycles. The summed E-state index contributed by atoms with van der Waals surface area (Å²) in [5.74, 6) is 0.706. The van der Waals surface area contributed by atoms with Gasteiger partial charge in [0.1, 0.15) is 11.2 Å². The van der Waals surface area contributed by atoms with Crippen LogP contribution in [0.4, 0.5) is 0 Å². The largest absolute Gasteiger partial charge is 0.456 e. The molecule has 0 bridgehead atoms. The Hall–Kier alpha value is -6.32. The summed E-state index contributed by atoms with van der Waals surface area (Å²) in [5.41, 5.74) is 11.2. The van der Waals surface area contributed by atoms with Crippen LogP contribution >= 0.6 is 0 Å². The number of rotatable bonds is 5. The third-order valence-corrected chi connectivity index (χ3v) is 8.92. The fourth-order valence-corrected chi connectivity index (χ4v) is 6.48. The normalized spacial score (nSPS) is 11.4. The Bertz CT molecular complexity index is 2530. The number of hydrogen-bond acceptors (Lipinski definition) is 3. The maximum Gasteiger partial charge on any atom is 0.160 e. The van der Waals surface area contributed by atoms with Crippen molar-refractivity contribution >= 4 is 32.7 Å². The van der Waals surface area contributed by atoms with Gasteiger partial charge in [0.15, 0.2) is 5.82 Å². The summed E-state index contributed by atoms with van der Waals surface area (Å²) in [5, 5.41) is 4.74. The molecule has 0 aliphatic carbocycles. The zero-order valence-corrected chi connectivity index (χ0v) is 25.5. The van der Waals surface area contributed by atoms with Crippen LogP contribution in [0.5, 0.6) is 0 Å². The molecule has 47 heavy (non-hydrogen) atoms. The predicted molar refractivity (Wildman–Crippen MR) is 194 cm³/mol. The minimum Gasteiger partial charge on any atom is -0.456 e. The van der Waals surface area contributed by atoms with Gasteiger partial charge in [-0.2, -0.15) is 0 Å². The highest BCUT2D eigenvalue weighted by molar-refractivity contribution is 6.19. The summed E-state index contributed by atoms with van der Waals surface area (Å²) in [6, 6.07) is 59.1. The van der Waals surface area contributed by atoms with Crippen molar-refractivity contribution in [2.75, 3.05) is 0 Å². The molecule has 0 fully saturated rings. The van der Waals surface area contributed by atoms with Crippen molar-refractivity contribution in [3.05, 3.63) is 170 Å². The van der Waals surface area contributed by atoms with Crippen LogP contribution in [-0.2, 0) is 0 Å². The first-order chi connectivity index (χ1) is 23.3. The van der Waals surface area contributed by atoms with Crippen LogP contribution in [0.2, 0.25) is 0 Å². The molecular weight excluding hydrogens is 572 g/mol. The van der Waals surface area contributed by atoms with Crippen molar-refractivity contribution < 1.29 is 4.42 Å². The van der Waals surface area contributed by atoms with Gasteiger partial charge in [0.2, 0.25) is 0 Å². The molecule has 7 aromatic carbocycles. The number of aromatic nitrogens is 2. The lowest BCUT2D eigenvalue weighted by Crippen LogP contribution is -1.96. The fourth-order valence-electron chi connectivity index (χ4n) is 6.48. The molecule has 0 radical (unpaired) electrons. The van der Waals surface area contributed by atoms with E-state index in [0.717, 1.165) is 55.8 Å². The Kier molecular flexibility index (Phi) is 6.46. The van der Waals surface area contributed by atoms with Gasteiger partial charge in [0.25, 0.3) is 0 Å². The van der Waals surface area contributed by atoms with Crippen LogP contribution < -0.4 is 0 Å². The number of hydrogen-bond donors (Lipinski definition) is 0. The van der Waals surface area contributed by atoms with Crippen molar-refractivity contribution in [3.63, 3.8) is 0 Å². The smallest absolute Gasteiger partial charge is 0.160 e. The monoisotopic (exact) mass is 600 g/mol. The Morgan fingerprint density at radius 2 is 0.872 bits per heavy atom. The van der Waals surface area contributed by atoms with Gasteiger partial charge < -0.3 is 4.42 Å². The van der Waals surface area contributed by atoms with E-state index in [0.29, 0.717) is 5.82 Å². The summed E-state index contributed by atoms with van der Waals surface area (Å²) in [6.45, 7) is 0. The van der Waals surface area contributed by atoms with Gasteiger partial charge in [0, 0.05) is 27.5 Å². The van der Waals surface area contributed by atoms with Gasteiger partial charge in [0.05, 0.1) is 11.4 Å². The highest BCUT2D eigenvalue weighted by Gasteiger charge is 2.14. The van der Waals surface area contributed by atoms with Gasteiger partial charge in [-0.25, -0.2) is 9.97 Å². The summed E-state index contributed by atoms with van der Waals surface area (Å²) in [6.07, 6.45) is 0. The van der Waals surface area contributed by atoms with E-state index in [1.807, 2.05) is 24.3 Å². The van der Waals surface area contributed by atoms with E-state index < -0.39 is 0 Å². The second-order valence-electron chi connectivity index (χ2n) is 11.8. The van der Waals surface area contributed by atoms with Gasteiger partial charge in [-0.15, -0.1) is 0 Å². The maximum absolute atomic E-state index is 6.34. The average Bonchev–Trinajstić information content (AvgIpc) is 3.54. The zero-order valence-electron chi connectivity index (χ0n) is 25.5. The Labute approximate surface area is 272 Å². The third-order valence-electron chi connectivity index (χ3n) is 8.92. The second-order valence-corrected chi connectivity index (χ2v) is 11.8. The molecule has 0 unspecified atom stereocenters. The number of fused-ring (bicyclic) bond motifs is 5. The Balaban J connectivity index is 1.09. The SMILES string of the molecule is c1ccc(-c2ccc(-c3cc(-c4ccc(-c5ccc6c(c5)oc5ccc7ccccc7c56)cc4)nc(-c4ccccc4)n3)cc2)cc1. The van der Waals surface area contributed by atoms with E-state index in [1.54, 1.807) is 0 Å². The minimum absolute atomic E-state index is 0.706. The van der Waals surface area contributed by atoms with E-state index >= 15 is 0 Å². The first-order valence-electron chi connectivity index (χ1n) is 15.8.